The fraction of sp³-hybridized carbons (Fsp3) is 0.333. The topological polar surface area (TPSA) is 119 Å². The molecule has 0 unspecified atom stereocenters. The molecule has 0 radical (unpaired) electrons. The first-order valence-corrected chi connectivity index (χ1v) is 5.58. The first-order chi connectivity index (χ1) is 9.20. The number of carbonyl (C=O) groups excluding carboxylic acids is 1. The van der Waals surface area contributed by atoms with Crippen LogP contribution in [0.4, 0.5) is 5.69 Å². The minimum absolute atomic E-state index is 0.101. The summed E-state index contributed by atoms with van der Waals surface area (Å²) in [6.45, 7) is 2.61. The number of para-hydroxylation sites is 1. The standard InChI is InChI=1S/C12H14N2O6/c1-12(2,11(16)17)13-10(15)7-5-4-6-8(14(18)19)9(7)20-3/h4-6H,1-3H3,(H,13,15)(H,16,17). The van der Waals surface area contributed by atoms with Crippen LogP contribution in [-0.4, -0.2) is 34.6 Å². The number of nitro groups is 1. The molecule has 1 amide bonds. The summed E-state index contributed by atoms with van der Waals surface area (Å²) in [5.41, 5.74) is -1.98. The van der Waals surface area contributed by atoms with Gasteiger partial charge in [-0.15, -0.1) is 0 Å². The number of rotatable bonds is 5. The third-order valence-corrected chi connectivity index (χ3v) is 2.60. The van der Waals surface area contributed by atoms with E-state index in [0.717, 1.165) is 0 Å². The maximum atomic E-state index is 12.0. The summed E-state index contributed by atoms with van der Waals surface area (Å²) in [5.74, 6) is -2.20. The van der Waals surface area contributed by atoms with Crippen LogP contribution in [0.3, 0.4) is 0 Å². The molecule has 108 valence electrons. The fourth-order valence-electron chi connectivity index (χ4n) is 1.47. The molecule has 2 N–H and O–H groups in total. The molecule has 0 aliphatic rings. The van der Waals surface area contributed by atoms with Crippen molar-refractivity contribution in [2.24, 2.45) is 0 Å². The van der Waals surface area contributed by atoms with E-state index in [1.165, 1.54) is 39.2 Å². The lowest BCUT2D eigenvalue weighted by atomic mass is 10.0. The van der Waals surface area contributed by atoms with Crippen molar-refractivity contribution in [3.05, 3.63) is 33.9 Å². The highest BCUT2D eigenvalue weighted by atomic mass is 16.6. The Morgan fingerprint density at radius 1 is 1.40 bits per heavy atom. The zero-order valence-electron chi connectivity index (χ0n) is 11.2. The van der Waals surface area contributed by atoms with Crippen LogP contribution in [0.25, 0.3) is 0 Å². The van der Waals surface area contributed by atoms with E-state index in [2.05, 4.69) is 5.32 Å². The number of amides is 1. The molecule has 0 bridgehead atoms. The predicted molar refractivity (Wildman–Crippen MR) is 68.8 cm³/mol. The van der Waals surface area contributed by atoms with Crippen molar-refractivity contribution in [1.82, 2.24) is 5.32 Å². The van der Waals surface area contributed by atoms with E-state index in [-0.39, 0.29) is 17.0 Å². The Labute approximate surface area is 114 Å². The zero-order valence-corrected chi connectivity index (χ0v) is 11.2. The Bertz CT molecular complexity index is 567. The van der Waals surface area contributed by atoms with Gasteiger partial charge in [0.1, 0.15) is 5.54 Å². The van der Waals surface area contributed by atoms with Crippen LogP contribution in [-0.2, 0) is 4.79 Å². The van der Waals surface area contributed by atoms with Crippen molar-refractivity contribution in [2.45, 2.75) is 19.4 Å². The van der Waals surface area contributed by atoms with Gasteiger partial charge in [-0.2, -0.15) is 0 Å². The number of carboxylic acids is 1. The van der Waals surface area contributed by atoms with Crippen molar-refractivity contribution in [3.63, 3.8) is 0 Å². The average molecular weight is 282 g/mol. The number of hydrogen-bond donors (Lipinski definition) is 2. The average Bonchev–Trinajstić information content (AvgIpc) is 2.36. The first kappa shape index (κ1) is 15.4. The Morgan fingerprint density at radius 3 is 2.45 bits per heavy atom. The third-order valence-electron chi connectivity index (χ3n) is 2.60. The maximum Gasteiger partial charge on any atom is 0.328 e. The molecule has 0 spiro atoms. The monoisotopic (exact) mass is 282 g/mol. The van der Waals surface area contributed by atoms with Crippen LogP contribution in [0.5, 0.6) is 5.75 Å². The predicted octanol–water partition coefficient (Wildman–Crippen LogP) is 1.20. The number of hydrogen-bond acceptors (Lipinski definition) is 5. The molecule has 8 nitrogen and oxygen atoms in total. The van der Waals surface area contributed by atoms with E-state index in [0.29, 0.717) is 0 Å². The summed E-state index contributed by atoms with van der Waals surface area (Å²) in [7, 11) is 1.20. The highest BCUT2D eigenvalue weighted by molar-refractivity contribution is 6.00. The second kappa shape index (κ2) is 5.55. The molecule has 0 saturated heterocycles. The summed E-state index contributed by atoms with van der Waals surface area (Å²) in [6, 6.07) is 3.83. The number of methoxy groups -OCH3 is 1. The Hall–Kier alpha value is -2.64. The van der Waals surface area contributed by atoms with Crippen LogP contribution in [0.15, 0.2) is 18.2 Å². The van der Waals surface area contributed by atoms with Gasteiger partial charge in [0.05, 0.1) is 17.6 Å². The van der Waals surface area contributed by atoms with E-state index in [9.17, 15) is 19.7 Å². The normalized spacial score (nSPS) is 10.8. The summed E-state index contributed by atoms with van der Waals surface area (Å²) in [4.78, 5) is 33.2. The number of carbonyl (C=O) groups is 2. The van der Waals surface area contributed by atoms with E-state index < -0.39 is 22.3 Å². The number of nitro benzene ring substituents is 1. The molecular weight excluding hydrogens is 268 g/mol. The smallest absolute Gasteiger partial charge is 0.328 e. The van der Waals surface area contributed by atoms with E-state index in [1.54, 1.807) is 0 Å². The van der Waals surface area contributed by atoms with Gasteiger partial charge in [-0.25, -0.2) is 4.79 Å². The zero-order chi connectivity index (χ0) is 15.5. The molecule has 0 atom stereocenters. The third kappa shape index (κ3) is 3.02. The molecule has 0 saturated carbocycles. The summed E-state index contributed by atoms with van der Waals surface area (Å²) in [6.07, 6.45) is 0. The molecule has 1 aromatic rings. The molecule has 0 aliphatic heterocycles. The van der Waals surface area contributed by atoms with Gasteiger partial charge in [0.25, 0.3) is 5.91 Å². The molecule has 1 rings (SSSR count). The molecule has 8 heteroatoms. The number of nitrogens with one attached hydrogen (secondary N) is 1. The maximum absolute atomic E-state index is 12.0. The fourth-order valence-corrected chi connectivity index (χ4v) is 1.47. The van der Waals surface area contributed by atoms with Crippen molar-refractivity contribution >= 4 is 17.6 Å². The minimum atomic E-state index is -1.51. The highest BCUT2D eigenvalue weighted by Gasteiger charge is 2.31. The molecule has 20 heavy (non-hydrogen) atoms. The molecule has 0 fully saturated rings. The van der Waals surface area contributed by atoms with E-state index >= 15 is 0 Å². The lowest BCUT2D eigenvalue weighted by Gasteiger charge is -2.21. The summed E-state index contributed by atoms with van der Waals surface area (Å²) in [5, 5.41) is 22.1. The number of benzene rings is 1. The number of nitrogens with zero attached hydrogens (tertiary/aromatic N) is 1. The Kier molecular flexibility index (Phi) is 4.28. The number of carboxylic acid groups (broad SMARTS) is 1. The number of aliphatic carboxylic acids is 1. The quantitative estimate of drug-likeness (QED) is 0.618. The van der Waals surface area contributed by atoms with Crippen LogP contribution < -0.4 is 10.1 Å². The van der Waals surface area contributed by atoms with Gasteiger partial charge >= 0.3 is 11.7 Å². The van der Waals surface area contributed by atoms with Crippen LogP contribution >= 0.6 is 0 Å². The van der Waals surface area contributed by atoms with Crippen molar-refractivity contribution < 1.29 is 24.4 Å². The van der Waals surface area contributed by atoms with Gasteiger partial charge in [0.2, 0.25) is 5.75 Å². The van der Waals surface area contributed by atoms with Gasteiger partial charge in [-0.1, -0.05) is 6.07 Å². The minimum Gasteiger partial charge on any atom is -0.490 e. The summed E-state index contributed by atoms with van der Waals surface area (Å²) >= 11 is 0. The lowest BCUT2D eigenvalue weighted by Crippen LogP contribution is -2.49. The molecular formula is C12H14N2O6. The second-order valence-electron chi connectivity index (χ2n) is 4.50. The van der Waals surface area contributed by atoms with Crippen molar-refractivity contribution in [2.75, 3.05) is 7.11 Å². The van der Waals surface area contributed by atoms with Gasteiger partial charge in [-0.3, -0.25) is 14.9 Å². The van der Waals surface area contributed by atoms with Gasteiger partial charge in [-0.05, 0) is 19.9 Å². The SMILES string of the molecule is COc1c(C(=O)NC(C)(C)C(=O)O)cccc1[N+](=O)[O-]. The van der Waals surface area contributed by atoms with E-state index in [1.807, 2.05) is 0 Å². The molecule has 0 aromatic heterocycles. The largest absolute Gasteiger partial charge is 0.490 e. The van der Waals surface area contributed by atoms with Crippen molar-refractivity contribution in [3.8, 4) is 5.75 Å². The molecule has 1 aromatic carbocycles. The number of ether oxygens (including phenoxy) is 1. The molecule has 0 heterocycles. The van der Waals surface area contributed by atoms with Crippen LogP contribution in [0.1, 0.15) is 24.2 Å². The molecule has 0 aliphatic carbocycles. The Balaban J connectivity index is 3.20. The highest BCUT2D eigenvalue weighted by Crippen LogP contribution is 2.30. The lowest BCUT2D eigenvalue weighted by molar-refractivity contribution is -0.385. The van der Waals surface area contributed by atoms with Gasteiger partial charge in [0, 0.05) is 6.07 Å². The first-order valence-electron chi connectivity index (χ1n) is 5.58. The Morgan fingerprint density at radius 2 is 2.00 bits per heavy atom. The summed E-state index contributed by atoms with van der Waals surface area (Å²) < 4.78 is 4.88. The second-order valence-corrected chi connectivity index (χ2v) is 4.50. The van der Waals surface area contributed by atoms with E-state index in [4.69, 9.17) is 9.84 Å². The van der Waals surface area contributed by atoms with Crippen LogP contribution in [0, 0.1) is 10.1 Å². The van der Waals surface area contributed by atoms with Crippen LogP contribution in [0.2, 0.25) is 0 Å². The van der Waals surface area contributed by atoms with Gasteiger partial charge in [0.15, 0.2) is 0 Å². The van der Waals surface area contributed by atoms with Gasteiger partial charge < -0.3 is 15.2 Å². The van der Waals surface area contributed by atoms with Crippen molar-refractivity contribution in [1.29, 1.82) is 0 Å².